The van der Waals surface area contributed by atoms with Gasteiger partial charge in [0.2, 0.25) is 0 Å². The Hall–Kier alpha value is -1.36. The molecule has 0 amide bonds. The summed E-state index contributed by atoms with van der Waals surface area (Å²) in [7, 11) is 1.91. The van der Waals surface area contributed by atoms with Crippen molar-refractivity contribution >= 4 is 11.6 Å². The molecule has 1 fully saturated rings. The number of hydrogen-bond acceptors (Lipinski definition) is 5. The number of rotatable bonds is 6. The van der Waals surface area contributed by atoms with E-state index in [9.17, 15) is 0 Å². The van der Waals surface area contributed by atoms with E-state index in [1.807, 2.05) is 7.05 Å². The van der Waals surface area contributed by atoms with Crippen LogP contribution in [0, 0.1) is 6.92 Å². The predicted octanol–water partition coefficient (Wildman–Crippen LogP) is 2.85. The molecule has 0 aliphatic carbocycles. The molecule has 0 unspecified atom stereocenters. The first-order valence-corrected chi connectivity index (χ1v) is 8.14. The fourth-order valence-corrected chi connectivity index (χ4v) is 2.72. The summed E-state index contributed by atoms with van der Waals surface area (Å²) in [6.07, 6.45) is 4.07. The summed E-state index contributed by atoms with van der Waals surface area (Å²) in [5.41, 5.74) is 1.10. The summed E-state index contributed by atoms with van der Waals surface area (Å²) in [5, 5.41) is 6.67. The number of piperidine rings is 1. The lowest BCUT2D eigenvalue weighted by molar-refractivity contribution is 0.237. The van der Waals surface area contributed by atoms with Crippen molar-refractivity contribution in [3.63, 3.8) is 0 Å². The van der Waals surface area contributed by atoms with Crippen molar-refractivity contribution in [3.05, 3.63) is 11.4 Å². The monoisotopic (exact) mass is 291 g/mol. The molecule has 1 aromatic rings. The average Bonchev–Trinajstić information content (AvgIpc) is 2.49. The first-order chi connectivity index (χ1) is 10.1. The summed E-state index contributed by atoms with van der Waals surface area (Å²) >= 11 is 0. The second kappa shape index (κ2) is 7.59. The molecule has 5 heteroatoms. The van der Waals surface area contributed by atoms with E-state index in [2.05, 4.69) is 46.3 Å². The smallest absolute Gasteiger partial charge is 0.135 e. The molecule has 0 saturated carbocycles. The van der Waals surface area contributed by atoms with Crippen molar-refractivity contribution in [2.75, 3.05) is 43.9 Å². The highest BCUT2D eigenvalue weighted by atomic mass is 15.2. The van der Waals surface area contributed by atoms with Gasteiger partial charge in [-0.15, -0.1) is 0 Å². The molecular formula is C16H29N5. The third-order valence-electron chi connectivity index (χ3n) is 4.09. The molecule has 0 atom stereocenters. The number of hydrogen-bond donors (Lipinski definition) is 2. The highest BCUT2D eigenvalue weighted by Gasteiger charge is 2.13. The Bertz CT molecular complexity index is 452. The van der Waals surface area contributed by atoms with Crippen LogP contribution in [0.25, 0.3) is 0 Å². The number of likely N-dealkylation sites (tertiary alicyclic amines) is 1. The molecule has 1 aromatic heterocycles. The molecular weight excluding hydrogens is 262 g/mol. The summed E-state index contributed by atoms with van der Waals surface area (Å²) in [6, 6.07) is 0. The highest BCUT2D eigenvalue weighted by Crippen LogP contribution is 2.22. The first-order valence-electron chi connectivity index (χ1n) is 8.14. The van der Waals surface area contributed by atoms with Crippen LogP contribution in [-0.2, 0) is 0 Å². The third kappa shape index (κ3) is 4.30. The fourth-order valence-electron chi connectivity index (χ4n) is 2.72. The van der Waals surface area contributed by atoms with E-state index < -0.39 is 0 Å². The number of nitrogens with zero attached hydrogens (tertiary/aromatic N) is 3. The van der Waals surface area contributed by atoms with E-state index in [0.717, 1.165) is 36.1 Å². The lowest BCUT2D eigenvalue weighted by Crippen LogP contribution is -2.34. The predicted molar refractivity (Wildman–Crippen MR) is 89.2 cm³/mol. The number of aromatic nitrogens is 2. The second-order valence-corrected chi connectivity index (χ2v) is 6.14. The molecule has 2 N–H and O–H groups in total. The summed E-state index contributed by atoms with van der Waals surface area (Å²) in [6.45, 7) is 10.8. The van der Waals surface area contributed by atoms with E-state index in [1.54, 1.807) is 0 Å². The maximum atomic E-state index is 4.68. The molecule has 21 heavy (non-hydrogen) atoms. The summed E-state index contributed by atoms with van der Waals surface area (Å²) in [4.78, 5) is 11.8. The standard InChI is InChI=1S/C16H29N5/c1-12(2)14-19-15(17-4)13(3)16(20-14)18-8-11-21-9-6-5-7-10-21/h12H,5-11H2,1-4H3,(H2,17,18,19,20). The van der Waals surface area contributed by atoms with Gasteiger partial charge in [0, 0.05) is 31.6 Å². The van der Waals surface area contributed by atoms with Gasteiger partial charge in [0.05, 0.1) is 0 Å². The van der Waals surface area contributed by atoms with Crippen LogP contribution in [0.5, 0.6) is 0 Å². The third-order valence-corrected chi connectivity index (χ3v) is 4.09. The summed E-state index contributed by atoms with van der Waals surface area (Å²) in [5.74, 6) is 3.12. The van der Waals surface area contributed by atoms with Gasteiger partial charge in [-0.05, 0) is 32.9 Å². The van der Waals surface area contributed by atoms with Crippen molar-refractivity contribution in [1.29, 1.82) is 0 Å². The van der Waals surface area contributed by atoms with Gasteiger partial charge in [-0.1, -0.05) is 20.3 Å². The van der Waals surface area contributed by atoms with Gasteiger partial charge in [0.15, 0.2) is 0 Å². The van der Waals surface area contributed by atoms with Gasteiger partial charge in [-0.25, -0.2) is 9.97 Å². The van der Waals surface area contributed by atoms with Gasteiger partial charge in [-0.3, -0.25) is 0 Å². The van der Waals surface area contributed by atoms with E-state index >= 15 is 0 Å². The van der Waals surface area contributed by atoms with Crippen LogP contribution < -0.4 is 10.6 Å². The topological polar surface area (TPSA) is 53.1 Å². The SMILES string of the molecule is CNc1nc(C(C)C)nc(NCCN2CCCCC2)c1C. The van der Waals surface area contributed by atoms with E-state index in [1.165, 1.54) is 32.4 Å². The lowest BCUT2D eigenvalue weighted by atomic mass is 10.1. The Morgan fingerprint density at radius 1 is 1.10 bits per heavy atom. The van der Waals surface area contributed by atoms with Crippen LogP contribution in [0.1, 0.15) is 50.4 Å². The van der Waals surface area contributed by atoms with Crippen molar-refractivity contribution < 1.29 is 0 Å². The average molecular weight is 291 g/mol. The Morgan fingerprint density at radius 2 is 1.76 bits per heavy atom. The molecule has 2 rings (SSSR count). The zero-order chi connectivity index (χ0) is 15.2. The molecule has 0 spiro atoms. The van der Waals surface area contributed by atoms with Crippen LogP contribution in [0.4, 0.5) is 11.6 Å². The van der Waals surface area contributed by atoms with Crippen LogP contribution in [0.15, 0.2) is 0 Å². The highest BCUT2D eigenvalue weighted by molar-refractivity contribution is 5.57. The minimum atomic E-state index is 0.334. The maximum absolute atomic E-state index is 4.68. The van der Waals surface area contributed by atoms with Crippen molar-refractivity contribution in [2.45, 2.75) is 46.0 Å². The normalized spacial score (nSPS) is 16.2. The van der Waals surface area contributed by atoms with E-state index in [-0.39, 0.29) is 0 Å². The first kappa shape index (κ1) is 16.0. The molecule has 5 nitrogen and oxygen atoms in total. The molecule has 1 saturated heterocycles. The van der Waals surface area contributed by atoms with E-state index in [4.69, 9.17) is 0 Å². The fraction of sp³-hybridized carbons (Fsp3) is 0.750. The quantitative estimate of drug-likeness (QED) is 0.844. The van der Waals surface area contributed by atoms with Crippen molar-refractivity contribution in [1.82, 2.24) is 14.9 Å². The summed E-state index contributed by atoms with van der Waals surface area (Å²) < 4.78 is 0. The number of anilines is 2. The second-order valence-electron chi connectivity index (χ2n) is 6.14. The Balaban J connectivity index is 1.99. The minimum absolute atomic E-state index is 0.334. The molecule has 1 aliphatic heterocycles. The zero-order valence-electron chi connectivity index (χ0n) is 13.9. The minimum Gasteiger partial charge on any atom is -0.373 e. The lowest BCUT2D eigenvalue weighted by Gasteiger charge is -2.26. The van der Waals surface area contributed by atoms with Gasteiger partial charge in [0.25, 0.3) is 0 Å². The Morgan fingerprint density at radius 3 is 2.38 bits per heavy atom. The Labute approximate surface area is 128 Å². The molecule has 2 heterocycles. The molecule has 0 radical (unpaired) electrons. The van der Waals surface area contributed by atoms with Gasteiger partial charge in [0.1, 0.15) is 17.5 Å². The molecule has 1 aliphatic rings. The number of nitrogens with one attached hydrogen (secondary N) is 2. The molecule has 118 valence electrons. The largest absolute Gasteiger partial charge is 0.373 e. The van der Waals surface area contributed by atoms with E-state index in [0.29, 0.717) is 5.92 Å². The zero-order valence-corrected chi connectivity index (χ0v) is 13.9. The van der Waals surface area contributed by atoms with Gasteiger partial charge < -0.3 is 15.5 Å². The Kier molecular flexibility index (Phi) is 5.79. The van der Waals surface area contributed by atoms with Crippen LogP contribution in [-0.4, -0.2) is 48.1 Å². The van der Waals surface area contributed by atoms with Gasteiger partial charge >= 0.3 is 0 Å². The van der Waals surface area contributed by atoms with Gasteiger partial charge in [-0.2, -0.15) is 0 Å². The maximum Gasteiger partial charge on any atom is 0.135 e. The molecule has 0 bridgehead atoms. The van der Waals surface area contributed by atoms with Crippen LogP contribution in [0.3, 0.4) is 0 Å². The van der Waals surface area contributed by atoms with Crippen molar-refractivity contribution in [2.24, 2.45) is 0 Å². The van der Waals surface area contributed by atoms with Crippen LogP contribution >= 0.6 is 0 Å². The molecule has 0 aromatic carbocycles. The van der Waals surface area contributed by atoms with Crippen molar-refractivity contribution in [3.8, 4) is 0 Å². The van der Waals surface area contributed by atoms with Crippen LogP contribution in [0.2, 0.25) is 0 Å².